The molecule has 0 radical (unpaired) electrons. The van der Waals surface area contributed by atoms with E-state index < -0.39 is 5.60 Å². The van der Waals surface area contributed by atoms with Crippen LogP contribution in [0.25, 0.3) is 0 Å². The average Bonchev–Trinajstić information content (AvgIpc) is 2.89. The van der Waals surface area contributed by atoms with E-state index in [0.717, 1.165) is 38.7 Å². The Morgan fingerprint density at radius 1 is 1.37 bits per heavy atom. The number of ether oxygens (including phenoxy) is 3. The van der Waals surface area contributed by atoms with Gasteiger partial charge in [0, 0.05) is 32.7 Å². The van der Waals surface area contributed by atoms with E-state index in [4.69, 9.17) is 14.2 Å². The lowest BCUT2D eigenvalue weighted by Gasteiger charge is -2.40. The summed E-state index contributed by atoms with van der Waals surface area (Å²) in [6, 6.07) is 0. The first-order valence-corrected chi connectivity index (χ1v) is 7.42. The highest BCUT2D eigenvalue weighted by Gasteiger charge is 2.47. The number of rotatable bonds is 5. The smallest absolute Gasteiger partial charge is 0.167 e. The van der Waals surface area contributed by atoms with Crippen molar-refractivity contribution in [3.8, 4) is 0 Å². The Morgan fingerprint density at radius 2 is 2.11 bits per heavy atom. The Balaban J connectivity index is 2.10. The lowest BCUT2D eigenvalue weighted by molar-refractivity contribution is -0.157. The lowest BCUT2D eigenvalue weighted by Crippen LogP contribution is -2.49. The normalized spacial score (nSPS) is 31.8. The lowest BCUT2D eigenvalue weighted by atomic mass is 9.76. The molecule has 4 heteroatoms. The van der Waals surface area contributed by atoms with Gasteiger partial charge < -0.3 is 14.2 Å². The molecule has 1 spiro atoms. The van der Waals surface area contributed by atoms with E-state index in [9.17, 15) is 4.79 Å². The molecule has 0 bridgehead atoms. The Kier molecular flexibility index (Phi) is 4.64. The number of methoxy groups -OCH3 is 1. The predicted molar refractivity (Wildman–Crippen MR) is 72.2 cm³/mol. The van der Waals surface area contributed by atoms with Gasteiger partial charge in [-0.25, -0.2) is 0 Å². The van der Waals surface area contributed by atoms with Gasteiger partial charge in [-0.1, -0.05) is 13.8 Å². The zero-order valence-electron chi connectivity index (χ0n) is 12.4. The van der Waals surface area contributed by atoms with Gasteiger partial charge in [-0.3, -0.25) is 4.79 Å². The fraction of sp³-hybridized carbons (Fsp3) is 0.933. The summed E-state index contributed by atoms with van der Waals surface area (Å²) in [5.41, 5.74) is -0.817. The zero-order chi connectivity index (χ0) is 13.9. The van der Waals surface area contributed by atoms with Crippen molar-refractivity contribution >= 4 is 5.78 Å². The van der Waals surface area contributed by atoms with Crippen LogP contribution < -0.4 is 0 Å². The summed E-state index contributed by atoms with van der Waals surface area (Å²) in [5.74, 6) is 0.310. The first kappa shape index (κ1) is 14.9. The van der Waals surface area contributed by atoms with Crippen LogP contribution >= 0.6 is 0 Å². The molecule has 4 nitrogen and oxygen atoms in total. The van der Waals surface area contributed by atoms with Crippen LogP contribution in [0.15, 0.2) is 0 Å². The van der Waals surface area contributed by atoms with Crippen molar-refractivity contribution in [1.29, 1.82) is 0 Å². The molecule has 0 N–H and O–H groups in total. The maximum atomic E-state index is 12.8. The number of Topliss-reactive ketones (excluding diaryl/α,β-unsaturated/α-hetero) is 1. The van der Waals surface area contributed by atoms with E-state index >= 15 is 0 Å². The van der Waals surface area contributed by atoms with Crippen molar-refractivity contribution in [1.82, 2.24) is 0 Å². The van der Waals surface area contributed by atoms with Crippen molar-refractivity contribution in [2.75, 3.05) is 26.9 Å². The van der Waals surface area contributed by atoms with Crippen LogP contribution in [0.3, 0.4) is 0 Å². The second-order valence-electron chi connectivity index (χ2n) is 5.79. The Hall–Kier alpha value is -0.450. The Morgan fingerprint density at radius 3 is 2.63 bits per heavy atom. The molecule has 0 aromatic carbocycles. The maximum absolute atomic E-state index is 12.8. The molecule has 19 heavy (non-hydrogen) atoms. The monoisotopic (exact) mass is 270 g/mol. The van der Waals surface area contributed by atoms with E-state index in [1.165, 1.54) is 0 Å². The standard InChI is InChI=1S/C15H26O4/c1-4-15(5-2,17-3)13(16)12-6-8-19-14(10-12)7-9-18-11-14/h12H,4-11H2,1-3H3. The highest BCUT2D eigenvalue weighted by atomic mass is 16.6. The summed E-state index contributed by atoms with van der Waals surface area (Å²) in [7, 11) is 1.65. The second kappa shape index (κ2) is 5.90. The fourth-order valence-electron chi connectivity index (χ4n) is 3.47. The summed E-state index contributed by atoms with van der Waals surface area (Å²) in [6.45, 7) is 6.09. The highest BCUT2D eigenvalue weighted by molar-refractivity contribution is 5.89. The van der Waals surface area contributed by atoms with Crippen molar-refractivity contribution < 1.29 is 19.0 Å². The quantitative estimate of drug-likeness (QED) is 0.769. The molecular weight excluding hydrogens is 244 g/mol. The highest BCUT2D eigenvalue weighted by Crippen LogP contribution is 2.39. The van der Waals surface area contributed by atoms with E-state index in [1.807, 2.05) is 13.8 Å². The number of ketones is 1. The summed E-state index contributed by atoms with van der Waals surface area (Å²) in [5, 5.41) is 0. The molecule has 0 saturated carbocycles. The third-order valence-corrected chi connectivity index (χ3v) is 4.91. The summed E-state index contributed by atoms with van der Waals surface area (Å²) in [6.07, 6.45) is 3.98. The van der Waals surface area contributed by atoms with Crippen LogP contribution in [0.4, 0.5) is 0 Å². The molecule has 2 heterocycles. The molecule has 2 atom stereocenters. The predicted octanol–water partition coefficient (Wildman–Crippen LogP) is 2.35. The summed E-state index contributed by atoms with van der Waals surface area (Å²) >= 11 is 0. The average molecular weight is 270 g/mol. The van der Waals surface area contributed by atoms with Gasteiger partial charge in [-0.2, -0.15) is 0 Å². The van der Waals surface area contributed by atoms with Crippen LogP contribution in [-0.4, -0.2) is 43.9 Å². The second-order valence-corrected chi connectivity index (χ2v) is 5.79. The van der Waals surface area contributed by atoms with Crippen LogP contribution in [-0.2, 0) is 19.0 Å². The third kappa shape index (κ3) is 2.71. The van der Waals surface area contributed by atoms with Crippen LogP contribution in [0.5, 0.6) is 0 Å². The molecule has 110 valence electrons. The van der Waals surface area contributed by atoms with Gasteiger partial charge in [-0.05, 0) is 25.7 Å². The van der Waals surface area contributed by atoms with Crippen molar-refractivity contribution in [2.45, 2.75) is 57.2 Å². The largest absolute Gasteiger partial charge is 0.378 e. The van der Waals surface area contributed by atoms with Crippen molar-refractivity contribution in [2.24, 2.45) is 5.92 Å². The van der Waals surface area contributed by atoms with Gasteiger partial charge in [0.2, 0.25) is 0 Å². The van der Waals surface area contributed by atoms with Crippen LogP contribution in [0, 0.1) is 5.92 Å². The molecule has 2 aliphatic heterocycles. The van der Waals surface area contributed by atoms with Gasteiger partial charge in [0.05, 0.1) is 12.2 Å². The van der Waals surface area contributed by atoms with Crippen molar-refractivity contribution in [3.05, 3.63) is 0 Å². The molecule has 2 unspecified atom stereocenters. The maximum Gasteiger partial charge on any atom is 0.167 e. The Bertz CT molecular complexity index is 308. The molecule has 2 saturated heterocycles. The SMILES string of the molecule is CCC(CC)(OC)C(=O)C1CCOC2(CCOC2)C1. The Labute approximate surface area is 115 Å². The minimum absolute atomic E-state index is 0.0512. The summed E-state index contributed by atoms with van der Waals surface area (Å²) in [4.78, 5) is 12.8. The van der Waals surface area contributed by atoms with Gasteiger partial charge >= 0.3 is 0 Å². The van der Waals surface area contributed by atoms with E-state index in [1.54, 1.807) is 7.11 Å². The minimum atomic E-state index is -0.608. The molecule has 0 amide bonds. The molecule has 2 aliphatic rings. The van der Waals surface area contributed by atoms with Gasteiger partial charge in [0.25, 0.3) is 0 Å². The van der Waals surface area contributed by atoms with E-state index in [0.29, 0.717) is 13.2 Å². The molecule has 0 aromatic heterocycles. The number of hydrogen-bond donors (Lipinski definition) is 0. The van der Waals surface area contributed by atoms with E-state index in [2.05, 4.69) is 0 Å². The third-order valence-electron chi connectivity index (χ3n) is 4.91. The zero-order valence-corrected chi connectivity index (χ0v) is 12.4. The topological polar surface area (TPSA) is 44.8 Å². The number of carbonyl (C=O) groups excluding carboxylic acids is 1. The van der Waals surface area contributed by atoms with Crippen molar-refractivity contribution in [3.63, 3.8) is 0 Å². The molecule has 0 aromatic rings. The van der Waals surface area contributed by atoms with Gasteiger partial charge in [0.1, 0.15) is 5.60 Å². The van der Waals surface area contributed by atoms with Crippen LogP contribution in [0.1, 0.15) is 46.0 Å². The molecule has 2 rings (SSSR count). The van der Waals surface area contributed by atoms with E-state index in [-0.39, 0.29) is 17.3 Å². The summed E-state index contributed by atoms with van der Waals surface area (Å²) < 4.78 is 16.9. The number of hydrogen-bond acceptors (Lipinski definition) is 4. The van der Waals surface area contributed by atoms with Gasteiger partial charge in [0.15, 0.2) is 5.78 Å². The fourth-order valence-corrected chi connectivity index (χ4v) is 3.47. The first-order chi connectivity index (χ1) is 9.11. The molecular formula is C15H26O4. The molecule has 2 fully saturated rings. The number of carbonyl (C=O) groups is 1. The molecule has 0 aliphatic carbocycles. The van der Waals surface area contributed by atoms with Crippen LogP contribution in [0.2, 0.25) is 0 Å². The first-order valence-electron chi connectivity index (χ1n) is 7.42. The minimum Gasteiger partial charge on any atom is -0.378 e. The van der Waals surface area contributed by atoms with Gasteiger partial charge in [-0.15, -0.1) is 0 Å².